The Morgan fingerprint density at radius 3 is 2.44 bits per heavy atom. The highest BCUT2D eigenvalue weighted by molar-refractivity contribution is 9.10. The normalized spacial score (nSPS) is 14.5. The van der Waals surface area contributed by atoms with Gasteiger partial charge in [-0.3, -0.25) is 0 Å². The monoisotopic (exact) mass is 389 g/mol. The summed E-state index contributed by atoms with van der Waals surface area (Å²) in [6.07, 6.45) is 0. The number of halogens is 1. The lowest BCUT2D eigenvalue weighted by molar-refractivity contribution is 0.619. The van der Waals surface area contributed by atoms with Crippen molar-refractivity contribution >= 4 is 27.0 Å². The number of oxazole rings is 1. The molecule has 0 amide bonds. The van der Waals surface area contributed by atoms with E-state index in [1.54, 1.807) is 0 Å². The molecule has 0 atom stereocenters. The molecule has 3 aromatic carbocycles. The van der Waals surface area contributed by atoms with Crippen molar-refractivity contribution in [2.75, 3.05) is 0 Å². The molecule has 2 nitrogen and oxygen atoms in total. The third-order valence-electron chi connectivity index (χ3n) is 5.17. The van der Waals surface area contributed by atoms with Gasteiger partial charge in [0, 0.05) is 15.5 Å². The Labute approximate surface area is 154 Å². The Balaban J connectivity index is 1.76. The van der Waals surface area contributed by atoms with Gasteiger partial charge in [-0.05, 0) is 58.7 Å². The van der Waals surface area contributed by atoms with Gasteiger partial charge in [0.2, 0.25) is 5.89 Å². The fraction of sp³-hybridized carbons (Fsp3) is 0.136. The molecule has 4 aromatic rings. The predicted octanol–water partition coefficient (Wildman–Crippen LogP) is 6.56. The maximum absolute atomic E-state index is 6.07. The third-order valence-corrected chi connectivity index (χ3v) is 5.66. The minimum atomic E-state index is -0.0471. The molecule has 3 heteroatoms. The Bertz CT molecular complexity index is 1130. The molecule has 25 heavy (non-hydrogen) atoms. The predicted molar refractivity (Wildman–Crippen MR) is 105 cm³/mol. The third kappa shape index (κ3) is 2.12. The Morgan fingerprint density at radius 1 is 0.880 bits per heavy atom. The summed E-state index contributed by atoms with van der Waals surface area (Å²) in [7, 11) is 0. The molecule has 1 aromatic heterocycles. The van der Waals surface area contributed by atoms with Crippen molar-refractivity contribution in [3.63, 3.8) is 0 Å². The highest BCUT2D eigenvalue weighted by Gasteiger charge is 2.36. The van der Waals surface area contributed by atoms with E-state index < -0.39 is 0 Å². The molecule has 0 saturated heterocycles. The van der Waals surface area contributed by atoms with Crippen molar-refractivity contribution in [2.45, 2.75) is 19.3 Å². The Morgan fingerprint density at radius 2 is 1.64 bits per heavy atom. The first-order valence-electron chi connectivity index (χ1n) is 8.35. The first-order valence-corrected chi connectivity index (χ1v) is 9.14. The van der Waals surface area contributed by atoms with Crippen LogP contribution in [0.3, 0.4) is 0 Å². The molecule has 0 aliphatic heterocycles. The second kappa shape index (κ2) is 5.06. The van der Waals surface area contributed by atoms with E-state index in [-0.39, 0.29) is 5.41 Å². The van der Waals surface area contributed by atoms with E-state index in [0.717, 1.165) is 21.1 Å². The summed E-state index contributed by atoms with van der Waals surface area (Å²) in [5.74, 6) is 0.674. The lowest BCUT2D eigenvalue weighted by Gasteiger charge is -2.21. The average molecular weight is 390 g/mol. The molecule has 1 aliphatic rings. The fourth-order valence-corrected chi connectivity index (χ4v) is 4.19. The maximum Gasteiger partial charge on any atom is 0.227 e. The number of hydrogen-bond acceptors (Lipinski definition) is 2. The average Bonchev–Trinajstić information content (AvgIpc) is 3.12. The first kappa shape index (κ1) is 14.9. The molecular weight excluding hydrogens is 374 g/mol. The molecule has 0 unspecified atom stereocenters. The van der Waals surface area contributed by atoms with E-state index in [1.807, 2.05) is 30.3 Å². The van der Waals surface area contributed by atoms with Gasteiger partial charge < -0.3 is 4.42 Å². The van der Waals surface area contributed by atoms with E-state index in [1.165, 1.54) is 22.3 Å². The van der Waals surface area contributed by atoms with E-state index in [0.29, 0.717) is 5.89 Å². The van der Waals surface area contributed by atoms with E-state index in [9.17, 15) is 0 Å². The summed E-state index contributed by atoms with van der Waals surface area (Å²) in [6, 6.07) is 20.9. The largest absolute Gasteiger partial charge is 0.436 e. The highest BCUT2D eigenvalue weighted by atomic mass is 79.9. The SMILES string of the molecule is CC1(C)c2cc(Br)ccc2-c2cc3oc(-c4ccccc4)nc3cc21. The van der Waals surface area contributed by atoms with Gasteiger partial charge in [-0.2, -0.15) is 0 Å². The molecule has 0 N–H and O–H groups in total. The molecule has 5 rings (SSSR count). The van der Waals surface area contributed by atoms with Crippen LogP contribution in [0.1, 0.15) is 25.0 Å². The maximum atomic E-state index is 6.07. The number of hydrogen-bond donors (Lipinski definition) is 0. The van der Waals surface area contributed by atoms with Crippen LogP contribution in [-0.2, 0) is 5.41 Å². The van der Waals surface area contributed by atoms with Crippen LogP contribution in [0.25, 0.3) is 33.7 Å². The van der Waals surface area contributed by atoms with Crippen molar-refractivity contribution in [3.05, 3.63) is 76.3 Å². The van der Waals surface area contributed by atoms with Gasteiger partial charge in [-0.15, -0.1) is 0 Å². The summed E-state index contributed by atoms with van der Waals surface area (Å²) < 4.78 is 7.18. The second-order valence-corrected chi connectivity index (χ2v) is 7.98. The number of benzene rings is 3. The zero-order valence-corrected chi connectivity index (χ0v) is 15.6. The van der Waals surface area contributed by atoms with E-state index in [4.69, 9.17) is 9.40 Å². The van der Waals surface area contributed by atoms with Gasteiger partial charge in [0.1, 0.15) is 5.52 Å². The zero-order valence-electron chi connectivity index (χ0n) is 14.0. The zero-order chi connectivity index (χ0) is 17.2. The van der Waals surface area contributed by atoms with Crippen LogP contribution in [0.2, 0.25) is 0 Å². The molecule has 1 heterocycles. The van der Waals surface area contributed by atoms with Gasteiger partial charge in [-0.1, -0.05) is 54.0 Å². The molecular formula is C22H16BrNO. The highest BCUT2D eigenvalue weighted by Crippen LogP contribution is 2.50. The van der Waals surface area contributed by atoms with Gasteiger partial charge in [0.15, 0.2) is 5.58 Å². The molecule has 0 bridgehead atoms. The summed E-state index contributed by atoms with van der Waals surface area (Å²) in [6.45, 7) is 4.54. The summed E-state index contributed by atoms with van der Waals surface area (Å²) in [5, 5.41) is 0. The number of rotatable bonds is 1. The van der Waals surface area contributed by atoms with Crippen LogP contribution in [0, 0.1) is 0 Å². The van der Waals surface area contributed by atoms with Gasteiger partial charge in [-0.25, -0.2) is 4.98 Å². The lowest BCUT2D eigenvalue weighted by atomic mass is 9.82. The van der Waals surface area contributed by atoms with Gasteiger partial charge >= 0.3 is 0 Å². The van der Waals surface area contributed by atoms with Crippen LogP contribution in [0.4, 0.5) is 0 Å². The van der Waals surface area contributed by atoms with Crippen LogP contribution in [0.15, 0.2) is 69.6 Å². The fourth-order valence-electron chi connectivity index (χ4n) is 3.83. The van der Waals surface area contributed by atoms with Gasteiger partial charge in [0.25, 0.3) is 0 Å². The van der Waals surface area contributed by atoms with E-state index in [2.05, 4.69) is 60.1 Å². The second-order valence-electron chi connectivity index (χ2n) is 7.07. The van der Waals surface area contributed by atoms with E-state index >= 15 is 0 Å². The topological polar surface area (TPSA) is 26.0 Å². The first-order chi connectivity index (χ1) is 12.0. The lowest BCUT2D eigenvalue weighted by Crippen LogP contribution is -2.14. The smallest absolute Gasteiger partial charge is 0.227 e. The molecule has 0 saturated carbocycles. The van der Waals surface area contributed by atoms with Gasteiger partial charge in [0.05, 0.1) is 0 Å². The number of nitrogens with zero attached hydrogens (tertiary/aromatic N) is 1. The van der Waals surface area contributed by atoms with Crippen LogP contribution in [0.5, 0.6) is 0 Å². The minimum Gasteiger partial charge on any atom is -0.436 e. The summed E-state index contributed by atoms with van der Waals surface area (Å²) >= 11 is 3.60. The molecule has 1 aliphatic carbocycles. The van der Waals surface area contributed by atoms with Crippen LogP contribution in [-0.4, -0.2) is 4.98 Å². The standard InChI is InChI=1S/C22H16BrNO/c1-22(2)17-10-14(23)8-9-15(17)16-11-20-19(12-18(16)22)24-21(25-20)13-6-4-3-5-7-13/h3-12H,1-2H3. The molecule has 0 spiro atoms. The van der Waals surface area contributed by atoms with Crippen molar-refractivity contribution in [2.24, 2.45) is 0 Å². The molecule has 0 fully saturated rings. The molecule has 0 radical (unpaired) electrons. The summed E-state index contributed by atoms with van der Waals surface area (Å²) in [4.78, 5) is 4.73. The minimum absolute atomic E-state index is 0.0471. The Kier molecular flexibility index (Phi) is 3.02. The molecule has 122 valence electrons. The van der Waals surface area contributed by atoms with Crippen LogP contribution < -0.4 is 0 Å². The summed E-state index contributed by atoms with van der Waals surface area (Å²) in [5.41, 5.74) is 7.88. The Hall–Kier alpha value is -2.39. The quantitative estimate of drug-likeness (QED) is 0.368. The van der Waals surface area contributed by atoms with Crippen LogP contribution >= 0.6 is 15.9 Å². The van der Waals surface area contributed by atoms with Crippen molar-refractivity contribution in [1.82, 2.24) is 4.98 Å². The van der Waals surface area contributed by atoms with Crippen molar-refractivity contribution in [3.8, 4) is 22.6 Å². The number of fused-ring (bicyclic) bond motifs is 4. The number of aromatic nitrogens is 1. The van der Waals surface area contributed by atoms with Crippen molar-refractivity contribution in [1.29, 1.82) is 0 Å². The van der Waals surface area contributed by atoms with Crippen molar-refractivity contribution < 1.29 is 4.42 Å².